The minimum Gasteiger partial charge on any atom is -0.493 e. The summed E-state index contributed by atoms with van der Waals surface area (Å²) in [7, 11) is 1.63. The van der Waals surface area contributed by atoms with Crippen LogP contribution < -0.4 is 9.47 Å². The van der Waals surface area contributed by atoms with E-state index in [0.29, 0.717) is 44.5 Å². The second kappa shape index (κ2) is 16.9. The molecule has 1 N–H and O–H groups in total. The zero-order chi connectivity index (χ0) is 35.1. The lowest BCUT2D eigenvalue weighted by Gasteiger charge is -2.36. The van der Waals surface area contributed by atoms with Crippen LogP contribution in [0.1, 0.15) is 87.3 Å². The maximum absolute atomic E-state index is 13.5. The van der Waals surface area contributed by atoms with Crippen LogP contribution in [0.4, 0.5) is 0 Å². The molecule has 1 saturated heterocycles. The summed E-state index contributed by atoms with van der Waals surface area (Å²) in [4.78, 5) is 42.9. The summed E-state index contributed by atoms with van der Waals surface area (Å²) < 4.78 is 24.6. The highest BCUT2D eigenvalue weighted by molar-refractivity contribution is 14.1. The molecule has 4 aliphatic rings. The fourth-order valence-electron chi connectivity index (χ4n) is 7.74. The van der Waals surface area contributed by atoms with Crippen LogP contribution >= 0.6 is 22.6 Å². The second-order valence-electron chi connectivity index (χ2n) is 14.0. The SMILES string of the molecule is COc1ccc2c3c1O[C@@H]1C[C@H](OC(=O)CCCC(=O)OCc4ccc(I)cc4)C=C[C@@]31CCN(C(=O)CCCCCN1CCC(O)CC1)C2. The number of aliphatic hydroxyl groups excluding tert-OH is 1. The van der Waals surface area contributed by atoms with Crippen LogP contribution in [0.2, 0.25) is 0 Å². The van der Waals surface area contributed by atoms with Crippen LogP contribution in [0.5, 0.6) is 11.5 Å². The molecule has 2 aromatic rings. The van der Waals surface area contributed by atoms with Crippen LogP contribution in [0.15, 0.2) is 48.6 Å². The van der Waals surface area contributed by atoms with E-state index in [1.54, 1.807) is 7.11 Å². The third kappa shape index (κ3) is 8.82. The van der Waals surface area contributed by atoms with Crippen molar-refractivity contribution in [1.82, 2.24) is 9.80 Å². The maximum atomic E-state index is 13.5. The number of halogens is 1. The lowest BCUT2D eigenvalue weighted by molar-refractivity contribution is -0.149. The average Bonchev–Trinajstić information content (AvgIpc) is 3.35. The highest BCUT2D eigenvalue weighted by atomic mass is 127. The fraction of sp³-hybridized carbons (Fsp3) is 0.564. The van der Waals surface area contributed by atoms with Crippen molar-refractivity contribution in [3.63, 3.8) is 0 Å². The number of benzene rings is 2. The van der Waals surface area contributed by atoms with E-state index in [-0.39, 0.29) is 49.5 Å². The summed E-state index contributed by atoms with van der Waals surface area (Å²) in [5.74, 6) is 0.858. The molecule has 0 bridgehead atoms. The zero-order valence-electron chi connectivity index (χ0n) is 28.9. The number of carbonyl (C=O) groups is 3. The number of nitrogens with zero attached hydrogens (tertiary/aromatic N) is 2. The molecule has 1 spiro atoms. The summed E-state index contributed by atoms with van der Waals surface area (Å²) in [6.07, 6.45) is 10.2. The lowest BCUT2D eigenvalue weighted by atomic mass is 9.69. The third-order valence-electron chi connectivity index (χ3n) is 10.6. The van der Waals surface area contributed by atoms with Gasteiger partial charge in [0, 0.05) is 61.0 Å². The predicted octanol–water partition coefficient (Wildman–Crippen LogP) is 5.83. The Labute approximate surface area is 308 Å². The monoisotopic (exact) mass is 800 g/mol. The van der Waals surface area contributed by atoms with Gasteiger partial charge in [-0.2, -0.15) is 0 Å². The van der Waals surface area contributed by atoms with Crippen LogP contribution in [0, 0.1) is 3.57 Å². The number of esters is 2. The molecule has 11 heteroatoms. The summed E-state index contributed by atoms with van der Waals surface area (Å²) >= 11 is 2.23. The average molecular weight is 801 g/mol. The molecular formula is C39H49IN2O8. The van der Waals surface area contributed by atoms with E-state index in [1.807, 2.05) is 41.3 Å². The molecule has 3 heterocycles. The molecule has 50 heavy (non-hydrogen) atoms. The Morgan fingerprint density at radius 2 is 1.74 bits per heavy atom. The number of ether oxygens (including phenoxy) is 4. The summed E-state index contributed by atoms with van der Waals surface area (Å²) in [6, 6.07) is 11.8. The number of piperidine rings is 1. The standard InChI is InChI=1S/C39H49IN2O8/c1-47-32-14-11-28-25-42(34(44)6-3-2-4-20-41-21-16-30(43)17-22-41)23-19-39-18-15-31(24-33(39)50-38(32)37(28)39)49-36(46)8-5-7-35(45)48-26-27-9-12-29(40)13-10-27/h9-15,18,30-31,33,43H,2-8,16-17,19-26H2,1H3/t31-,33-,39+/m1/s1. The topological polar surface area (TPSA) is 115 Å². The second-order valence-corrected chi connectivity index (χ2v) is 15.2. The molecular weight excluding hydrogens is 751 g/mol. The molecule has 2 aromatic carbocycles. The predicted molar refractivity (Wildman–Crippen MR) is 196 cm³/mol. The third-order valence-corrected chi connectivity index (χ3v) is 11.3. The van der Waals surface area contributed by atoms with Crippen LogP contribution in [-0.4, -0.2) is 84.4 Å². The largest absolute Gasteiger partial charge is 0.493 e. The minimum atomic E-state index is -0.453. The molecule has 0 unspecified atom stereocenters. The van der Waals surface area contributed by atoms with Crippen molar-refractivity contribution in [3.05, 3.63) is 68.8 Å². The van der Waals surface area contributed by atoms with Gasteiger partial charge in [-0.05, 0) is 103 Å². The van der Waals surface area contributed by atoms with Crippen molar-refractivity contribution >= 4 is 40.4 Å². The Bertz CT molecular complexity index is 1540. The number of rotatable bonds is 14. The lowest BCUT2D eigenvalue weighted by Crippen LogP contribution is -2.44. The van der Waals surface area contributed by atoms with Crippen molar-refractivity contribution in [1.29, 1.82) is 0 Å². The molecule has 0 radical (unpaired) electrons. The molecule has 3 aliphatic heterocycles. The van der Waals surface area contributed by atoms with Gasteiger partial charge >= 0.3 is 11.9 Å². The first-order valence-corrected chi connectivity index (χ1v) is 19.2. The first-order chi connectivity index (χ1) is 24.2. The smallest absolute Gasteiger partial charge is 0.306 e. The van der Waals surface area contributed by atoms with Crippen LogP contribution in [0.3, 0.4) is 0 Å². The quantitative estimate of drug-likeness (QED) is 0.109. The first kappa shape index (κ1) is 36.6. The fourth-order valence-corrected chi connectivity index (χ4v) is 8.09. The molecule has 1 fully saturated rings. The van der Waals surface area contributed by atoms with Gasteiger partial charge in [-0.15, -0.1) is 0 Å². The van der Waals surface area contributed by atoms with E-state index in [1.165, 1.54) is 0 Å². The van der Waals surface area contributed by atoms with Gasteiger partial charge in [-0.25, -0.2) is 0 Å². The van der Waals surface area contributed by atoms with E-state index in [9.17, 15) is 19.5 Å². The van der Waals surface area contributed by atoms with Gasteiger partial charge in [0.05, 0.1) is 18.6 Å². The van der Waals surface area contributed by atoms with Gasteiger partial charge < -0.3 is 33.9 Å². The normalized spacial score (nSPS) is 23.0. The van der Waals surface area contributed by atoms with Gasteiger partial charge in [-0.1, -0.05) is 30.7 Å². The van der Waals surface area contributed by atoms with Crippen molar-refractivity contribution in [2.45, 2.75) is 108 Å². The molecule has 6 rings (SSSR count). The van der Waals surface area contributed by atoms with Gasteiger partial charge in [0.2, 0.25) is 5.91 Å². The summed E-state index contributed by atoms with van der Waals surface area (Å²) in [6.45, 7) is 4.29. The number of unbranched alkanes of at least 4 members (excludes halogenated alkanes) is 2. The number of carbonyl (C=O) groups excluding carboxylic acids is 3. The molecule has 1 aliphatic carbocycles. The van der Waals surface area contributed by atoms with E-state index < -0.39 is 11.5 Å². The molecule has 10 nitrogen and oxygen atoms in total. The Morgan fingerprint density at radius 1 is 0.960 bits per heavy atom. The zero-order valence-corrected chi connectivity index (χ0v) is 31.1. The number of hydrogen-bond acceptors (Lipinski definition) is 9. The Hall–Kier alpha value is -3.16. The van der Waals surface area contributed by atoms with Crippen molar-refractivity contribution in [3.8, 4) is 11.5 Å². The Balaban J connectivity index is 1.00. The highest BCUT2D eigenvalue weighted by Gasteiger charge is 2.53. The van der Waals surface area contributed by atoms with Crippen LogP contribution in [0.25, 0.3) is 0 Å². The Kier molecular flexibility index (Phi) is 12.4. The van der Waals surface area contributed by atoms with Gasteiger partial charge in [-0.3, -0.25) is 14.4 Å². The van der Waals surface area contributed by atoms with Gasteiger partial charge in [0.25, 0.3) is 0 Å². The van der Waals surface area contributed by atoms with E-state index in [0.717, 1.165) is 77.7 Å². The summed E-state index contributed by atoms with van der Waals surface area (Å²) in [5, 5.41) is 9.74. The summed E-state index contributed by atoms with van der Waals surface area (Å²) in [5.41, 5.74) is 2.62. The number of hydrogen-bond donors (Lipinski definition) is 1. The van der Waals surface area contributed by atoms with Crippen molar-refractivity contribution in [2.75, 3.05) is 33.3 Å². The number of methoxy groups -OCH3 is 1. The van der Waals surface area contributed by atoms with E-state index >= 15 is 0 Å². The van der Waals surface area contributed by atoms with E-state index in [2.05, 4.69) is 39.6 Å². The van der Waals surface area contributed by atoms with Crippen molar-refractivity contribution < 1.29 is 38.4 Å². The van der Waals surface area contributed by atoms with Gasteiger partial charge in [0.15, 0.2) is 11.5 Å². The molecule has 270 valence electrons. The van der Waals surface area contributed by atoms with E-state index in [4.69, 9.17) is 18.9 Å². The number of amides is 1. The molecule has 3 atom stereocenters. The first-order valence-electron chi connectivity index (χ1n) is 18.1. The maximum Gasteiger partial charge on any atom is 0.306 e. The minimum absolute atomic E-state index is 0.122. The molecule has 0 aromatic heterocycles. The molecule has 0 saturated carbocycles. The molecule has 1 amide bonds. The van der Waals surface area contributed by atoms with Gasteiger partial charge in [0.1, 0.15) is 18.8 Å². The number of aliphatic hydroxyl groups is 1. The van der Waals surface area contributed by atoms with Crippen LogP contribution in [-0.2, 0) is 42.4 Å². The number of likely N-dealkylation sites (tertiary alicyclic amines) is 1. The Morgan fingerprint density at radius 3 is 2.52 bits per heavy atom. The highest BCUT2D eigenvalue weighted by Crippen LogP contribution is 2.56. The van der Waals surface area contributed by atoms with Crippen molar-refractivity contribution in [2.24, 2.45) is 0 Å².